The third-order valence-electron chi connectivity index (χ3n) is 4.00. The summed E-state index contributed by atoms with van der Waals surface area (Å²) >= 11 is 1.68. The van der Waals surface area contributed by atoms with Crippen molar-refractivity contribution >= 4 is 17.7 Å². The topological polar surface area (TPSA) is 49.3 Å². The van der Waals surface area contributed by atoms with E-state index in [1.807, 2.05) is 6.07 Å². The first-order chi connectivity index (χ1) is 10.7. The van der Waals surface area contributed by atoms with Gasteiger partial charge in [0.1, 0.15) is 5.82 Å². The molecule has 0 aromatic heterocycles. The van der Waals surface area contributed by atoms with Crippen LogP contribution < -0.4 is 5.32 Å². The van der Waals surface area contributed by atoms with Crippen molar-refractivity contribution in [3.8, 4) is 0 Å². The number of rotatable bonds is 7. The summed E-state index contributed by atoms with van der Waals surface area (Å²) in [6, 6.07) is 6.83. The van der Waals surface area contributed by atoms with E-state index in [2.05, 4.69) is 5.32 Å². The standard InChI is InChI=1S/C17H24FNO2S/c18-16-8-2-1-5-14(16)12-22-10-4-9-19-17(21)13-6-3-7-15(20)11-13/h1-2,5,8,13,15,20H,3-4,6-7,9-12H2,(H,19,21)/t13-,15+/m1/s1. The number of nitrogens with one attached hydrogen (secondary N) is 1. The van der Waals surface area contributed by atoms with Gasteiger partial charge in [-0.25, -0.2) is 4.39 Å². The van der Waals surface area contributed by atoms with Crippen LogP contribution >= 0.6 is 11.8 Å². The Morgan fingerprint density at radius 1 is 1.36 bits per heavy atom. The van der Waals surface area contributed by atoms with Gasteiger partial charge in [-0.2, -0.15) is 11.8 Å². The molecule has 3 nitrogen and oxygen atoms in total. The number of hydrogen-bond acceptors (Lipinski definition) is 3. The van der Waals surface area contributed by atoms with Crippen molar-refractivity contribution in [2.45, 2.75) is 44.0 Å². The molecule has 0 saturated heterocycles. The van der Waals surface area contributed by atoms with Crippen molar-refractivity contribution < 1.29 is 14.3 Å². The lowest BCUT2D eigenvalue weighted by Gasteiger charge is -2.24. The SMILES string of the molecule is O=C(NCCCSCc1ccccc1F)[C@@H]1CCC[C@H](O)C1. The van der Waals surface area contributed by atoms with Crippen LogP contribution in [0.3, 0.4) is 0 Å². The predicted molar refractivity (Wildman–Crippen MR) is 88.2 cm³/mol. The smallest absolute Gasteiger partial charge is 0.223 e. The van der Waals surface area contributed by atoms with Gasteiger partial charge in [0.15, 0.2) is 0 Å². The van der Waals surface area contributed by atoms with Gasteiger partial charge in [0.2, 0.25) is 5.91 Å². The zero-order chi connectivity index (χ0) is 15.8. The molecule has 0 aliphatic heterocycles. The fourth-order valence-corrected chi connectivity index (χ4v) is 3.68. The highest BCUT2D eigenvalue weighted by atomic mass is 32.2. The molecule has 0 radical (unpaired) electrons. The van der Waals surface area contributed by atoms with Gasteiger partial charge >= 0.3 is 0 Å². The molecule has 1 aromatic carbocycles. The van der Waals surface area contributed by atoms with Crippen LogP contribution in [0.4, 0.5) is 4.39 Å². The highest BCUT2D eigenvalue weighted by Crippen LogP contribution is 2.24. The Labute approximate surface area is 135 Å². The summed E-state index contributed by atoms with van der Waals surface area (Å²) in [5.41, 5.74) is 0.729. The highest BCUT2D eigenvalue weighted by molar-refractivity contribution is 7.98. The minimum absolute atomic E-state index is 0.0326. The van der Waals surface area contributed by atoms with E-state index in [-0.39, 0.29) is 23.7 Å². The van der Waals surface area contributed by atoms with Gasteiger partial charge in [-0.1, -0.05) is 24.6 Å². The molecule has 2 atom stereocenters. The summed E-state index contributed by atoms with van der Waals surface area (Å²) < 4.78 is 13.4. The van der Waals surface area contributed by atoms with Crippen LogP contribution in [0.25, 0.3) is 0 Å². The van der Waals surface area contributed by atoms with Gasteiger partial charge in [-0.3, -0.25) is 4.79 Å². The lowest BCUT2D eigenvalue weighted by Crippen LogP contribution is -2.35. The van der Waals surface area contributed by atoms with E-state index in [9.17, 15) is 14.3 Å². The molecule has 1 aliphatic carbocycles. The molecule has 1 saturated carbocycles. The lowest BCUT2D eigenvalue weighted by molar-refractivity contribution is -0.127. The summed E-state index contributed by atoms with van der Waals surface area (Å²) in [7, 11) is 0. The molecular weight excluding hydrogens is 301 g/mol. The van der Waals surface area contributed by atoms with Gasteiger partial charge < -0.3 is 10.4 Å². The Morgan fingerprint density at radius 2 is 2.18 bits per heavy atom. The maximum Gasteiger partial charge on any atom is 0.223 e. The number of aliphatic hydroxyl groups excluding tert-OH is 1. The number of benzene rings is 1. The van der Waals surface area contributed by atoms with Crippen LogP contribution in [-0.4, -0.2) is 29.4 Å². The van der Waals surface area contributed by atoms with E-state index in [1.54, 1.807) is 23.9 Å². The van der Waals surface area contributed by atoms with Gasteiger partial charge in [0, 0.05) is 18.2 Å². The van der Waals surface area contributed by atoms with E-state index in [0.717, 1.165) is 37.0 Å². The van der Waals surface area contributed by atoms with Crippen LogP contribution in [0.1, 0.15) is 37.7 Å². The third kappa shape index (κ3) is 5.61. The molecule has 0 heterocycles. The Bertz CT molecular complexity index is 483. The summed E-state index contributed by atoms with van der Waals surface area (Å²) in [5.74, 6) is 1.43. The van der Waals surface area contributed by atoms with Crippen molar-refractivity contribution in [3.63, 3.8) is 0 Å². The summed E-state index contributed by atoms with van der Waals surface area (Å²) in [6.45, 7) is 0.649. The van der Waals surface area contributed by atoms with Crippen molar-refractivity contribution in [2.75, 3.05) is 12.3 Å². The summed E-state index contributed by atoms with van der Waals surface area (Å²) in [4.78, 5) is 12.0. The van der Waals surface area contributed by atoms with Crippen molar-refractivity contribution in [2.24, 2.45) is 5.92 Å². The first-order valence-corrected chi connectivity index (χ1v) is 9.09. The molecule has 1 aromatic rings. The minimum Gasteiger partial charge on any atom is -0.393 e. The average Bonchev–Trinajstić information content (AvgIpc) is 2.52. The monoisotopic (exact) mass is 325 g/mol. The first kappa shape index (κ1) is 17.3. The second-order valence-electron chi connectivity index (χ2n) is 5.81. The molecule has 2 rings (SSSR count). The second kappa shape index (κ2) is 9.16. The minimum atomic E-state index is -0.319. The van der Waals surface area contributed by atoms with Crippen LogP contribution in [0, 0.1) is 11.7 Å². The van der Waals surface area contributed by atoms with Gasteiger partial charge in [0.05, 0.1) is 6.10 Å². The van der Waals surface area contributed by atoms with E-state index < -0.39 is 0 Å². The number of hydrogen-bond donors (Lipinski definition) is 2. The maximum atomic E-state index is 13.4. The predicted octanol–water partition coefficient (Wildman–Crippen LogP) is 3.12. The molecule has 1 fully saturated rings. The normalized spacial score (nSPS) is 21.5. The zero-order valence-electron chi connectivity index (χ0n) is 12.8. The highest BCUT2D eigenvalue weighted by Gasteiger charge is 2.25. The molecule has 0 bridgehead atoms. The van der Waals surface area contributed by atoms with Crippen LogP contribution in [0.15, 0.2) is 24.3 Å². The van der Waals surface area contributed by atoms with Gasteiger partial charge in [0.25, 0.3) is 0 Å². The van der Waals surface area contributed by atoms with Crippen molar-refractivity contribution in [1.82, 2.24) is 5.32 Å². The number of thioether (sulfide) groups is 1. The Morgan fingerprint density at radius 3 is 2.95 bits per heavy atom. The Kier molecular flexibility index (Phi) is 7.19. The van der Waals surface area contributed by atoms with Gasteiger partial charge in [-0.15, -0.1) is 0 Å². The van der Waals surface area contributed by atoms with Crippen LogP contribution in [0.5, 0.6) is 0 Å². The van der Waals surface area contributed by atoms with Crippen molar-refractivity contribution in [1.29, 1.82) is 0 Å². The molecule has 22 heavy (non-hydrogen) atoms. The van der Waals surface area contributed by atoms with Crippen LogP contribution in [0.2, 0.25) is 0 Å². The lowest BCUT2D eigenvalue weighted by atomic mass is 9.87. The fraction of sp³-hybridized carbons (Fsp3) is 0.588. The summed E-state index contributed by atoms with van der Waals surface area (Å²) in [6.07, 6.45) is 3.77. The summed E-state index contributed by atoms with van der Waals surface area (Å²) in [5, 5.41) is 12.5. The van der Waals surface area contributed by atoms with E-state index >= 15 is 0 Å². The Balaban J connectivity index is 1.55. The molecule has 0 unspecified atom stereocenters. The maximum absolute atomic E-state index is 13.4. The molecule has 0 spiro atoms. The van der Waals surface area contributed by atoms with Gasteiger partial charge in [-0.05, 0) is 43.1 Å². The Hall–Kier alpha value is -1.07. The van der Waals surface area contributed by atoms with E-state index in [0.29, 0.717) is 18.7 Å². The molecule has 2 N–H and O–H groups in total. The molecule has 1 amide bonds. The van der Waals surface area contributed by atoms with Crippen molar-refractivity contribution in [3.05, 3.63) is 35.6 Å². The number of amides is 1. The molecule has 122 valence electrons. The first-order valence-electron chi connectivity index (χ1n) is 7.93. The number of halogens is 1. The van der Waals surface area contributed by atoms with Crippen LogP contribution in [-0.2, 0) is 10.5 Å². The van der Waals surface area contributed by atoms with E-state index in [4.69, 9.17) is 0 Å². The number of aliphatic hydroxyl groups is 1. The number of carbonyl (C=O) groups is 1. The number of carbonyl (C=O) groups excluding carboxylic acids is 1. The molecule has 1 aliphatic rings. The largest absolute Gasteiger partial charge is 0.393 e. The third-order valence-corrected chi connectivity index (χ3v) is 5.09. The zero-order valence-corrected chi connectivity index (χ0v) is 13.6. The quantitative estimate of drug-likeness (QED) is 0.757. The second-order valence-corrected chi connectivity index (χ2v) is 6.91. The molecular formula is C17H24FNO2S. The van der Waals surface area contributed by atoms with E-state index in [1.165, 1.54) is 6.07 Å². The molecule has 5 heteroatoms. The average molecular weight is 325 g/mol. The fourth-order valence-electron chi connectivity index (χ4n) is 2.73.